The molecule has 0 spiro atoms. The molecule has 88 valence electrons. The molecular formula is C16H18O. The van der Waals surface area contributed by atoms with Gasteiger partial charge in [0.1, 0.15) is 6.61 Å². The van der Waals surface area contributed by atoms with Crippen molar-refractivity contribution in [3.63, 3.8) is 0 Å². The first-order chi connectivity index (χ1) is 8.32. The Morgan fingerprint density at radius 2 is 2.12 bits per heavy atom. The maximum Gasteiger partial charge on any atom is 0.108 e. The molecule has 0 heterocycles. The molecule has 1 saturated carbocycles. The maximum absolute atomic E-state index is 5.94. The first kappa shape index (κ1) is 12.0. The van der Waals surface area contributed by atoms with Gasteiger partial charge in [0.15, 0.2) is 0 Å². The molecule has 0 bridgehead atoms. The van der Waals surface area contributed by atoms with Crippen LogP contribution in [0, 0.1) is 17.3 Å². The average molecular weight is 226 g/mol. The summed E-state index contributed by atoms with van der Waals surface area (Å²) in [5.41, 5.74) is 1.36. The first-order valence-corrected chi connectivity index (χ1v) is 6.02. The third-order valence-corrected chi connectivity index (χ3v) is 3.36. The van der Waals surface area contributed by atoms with Gasteiger partial charge < -0.3 is 4.74 Å². The van der Waals surface area contributed by atoms with E-state index in [-0.39, 0.29) is 11.5 Å². The third kappa shape index (κ3) is 2.60. The highest BCUT2D eigenvalue weighted by Gasteiger charge is 2.48. The smallest absolute Gasteiger partial charge is 0.108 e. The second kappa shape index (κ2) is 5.21. The SMILES string of the molecule is C=CC1(C(OCC#CC)c2ccccc2)CC1. The van der Waals surface area contributed by atoms with Crippen LogP contribution >= 0.6 is 0 Å². The third-order valence-electron chi connectivity index (χ3n) is 3.36. The normalized spacial score (nSPS) is 17.7. The van der Waals surface area contributed by atoms with E-state index < -0.39 is 0 Å². The van der Waals surface area contributed by atoms with Crippen molar-refractivity contribution in [3.8, 4) is 11.8 Å². The van der Waals surface area contributed by atoms with Crippen molar-refractivity contribution in [2.45, 2.75) is 25.9 Å². The van der Waals surface area contributed by atoms with Crippen molar-refractivity contribution < 1.29 is 4.74 Å². The molecule has 1 nitrogen and oxygen atoms in total. The van der Waals surface area contributed by atoms with Crippen LogP contribution in [0.1, 0.15) is 31.4 Å². The summed E-state index contributed by atoms with van der Waals surface area (Å²) in [6.45, 7) is 6.28. The molecular weight excluding hydrogens is 208 g/mol. The highest BCUT2D eigenvalue weighted by Crippen LogP contribution is 2.57. The standard InChI is InChI=1S/C16H18O/c1-3-5-13-17-15(16(4-2)11-12-16)14-9-7-6-8-10-14/h4,6-10,15H,2,11-13H2,1H3. The number of benzene rings is 1. The van der Waals surface area contributed by atoms with Gasteiger partial charge in [-0.15, -0.1) is 12.5 Å². The van der Waals surface area contributed by atoms with Crippen LogP contribution in [0.4, 0.5) is 0 Å². The molecule has 1 aliphatic carbocycles. The lowest BCUT2D eigenvalue weighted by Gasteiger charge is -2.24. The fourth-order valence-corrected chi connectivity index (χ4v) is 2.14. The van der Waals surface area contributed by atoms with Crippen molar-refractivity contribution in [1.29, 1.82) is 0 Å². The van der Waals surface area contributed by atoms with E-state index in [1.165, 1.54) is 5.56 Å². The highest BCUT2D eigenvalue weighted by molar-refractivity contribution is 5.26. The van der Waals surface area contributed by atoms with Crippen molar-refractivity contribution in [1.82, 2.24) is 0 Å². The Morgan fingerprint density at radius 3 is 2.65 bits per heavy atom. The Morgan fingerprint density at radius 1 is 1.41 bits per heavy atom. The van der Waals surface area contributed by atoms with Gasteiger partial charge in [-0.2, -0.15) is 0 Å². The van der Waals surface area contributed by atoms with Crippen LogP contribution in [0.5, 0.6) is 0 Å². The Hall–Kier alpha value is -1.52. The number of hydrogen-bond acceptors (Lipinski definition) is 1. The summed E-state index contributed by atoms with van der Waals surface area (Å²) < 4.78 is 5.94. The summed E-state index contributed by atoms with van der Waals surface area (Å²) in [5, 5.41) is 0. The molecule has 0 aliphatic heterocycles. The van der Waals surface area contributed by atoms with Gasteiger partial charge in [-0.25, -0.2) is 0 Å². The molecule has 0 amide bonds. The van der Waals surface area contributed by atoms with Crippen LogP contribution in [-0.4, -0.2) is 6.61 Å². The largest absolute Gasteiger partial charge is 0.360 e. The van der Waals surface area contributed by atoms with Gasteiger partial charge in [0, 0.05) is 5.41 Å². The van der Waals surface area contributed by atoms with Crippen molar-refractivity contribution in [2.24, 2.45) is 5.41 Å². The molecule has 1 aromatic carbocycles. The van der Waals surface area contributed by atoms with E-state index in [4.69, 9.17) is 4.74 Å². The first-order valence-electron chi connectivity index (χ1n) is 6.02. The lowest BCUT2D eigenvalue weighted by molar-refractivity contribution is 0.0366. The van der Waals surface area contributed by atoms with Gasteiger partial charge in [0.25, 0.3) is 0 Å². The quantitative estimate of drug-likeness (QED) is 0.549. The van der Waals surface area contributed by atoms with Gasteiger partial charge in [-0.05, 0) is 25.3 Å². The fourth-order valence-electron chi connectivity index (χ4n) is 2.14. The Balaban J connectivity index is 2.18. The molecule has 0 saturated heterocycles. The summed E-state index contributed by atoms with van der Waals surface area (Å²) in [4.78, 5) is 0. The minimum absolute atomic E-state index is 0.0991. The average Bonchev–Trinajstić information content (AvgIpc) is 3.17. The second-order valence-corrected chi connectivity index (χ2v) is 4.47. The molecule has 1 fully saturated rings. The van der Waals surface area contributed by atoms with E-state index in [2.05, 4.69) is 42.7 Å². The summed E-state index contributed by atoms with van der Waals surface area (Å²) in [6, 6.07) is 10.4. The maximum atomic E-state index is 5.94. The van der Waals surface area contributed by atoms with Crippen molar-refractivity contribution >= 4 is 0 Å². The Labute approximate surface area is 103 Å². The topological polar surface area (TPSA) is 9.23 Å². The Bertz CT molecular complexity index is 432. The molecule has 1 heteroatoms. The molecule has 1 aromatic rings. The number of ether oxygens (including phenoxy) is 1. The zero-order valence-electron chi connectivity index (χ0n) is 10.3. The molecule has 1 atom stereocenters. The van der Waals surface area contributed by atoms with E-state index in [0.717, 1.165) is 12.8 Å². The molecule has 0 N–H and O–H groups in total. The van der Waals surface area contributed by atoms with Crippen LogP contribution in [-0.2, 0) is 4.74 Å². The summed E-state index contributed by atoms with van der Waals surface area (Å²) in [5.74, 6) is 5.83. The molecule has 17 heavy (non-hydrogen) atoms. The van der Waals surface area contributed by atoms with Gasteiger partial charge in [0.2, 0.25) is 0 Å². The van der Waals surface area contributed by atoms with Gasteiger partial charge in [0.05, 0.1) is 6.10 Å². The highest BCUT2D eigenvalue weighted by atomic mass is 16.5. The molecule has 1 aliphatic rings. The number of hydrogen-bond donors (Lipinski definition) is 0. The monoisotopic (exact) mass is 226 g/mol. The second-order valence-electron chi connectivity index (χ2n) is 4.47. The zero-order valence-corrected chi connectivity index (χ0v) is 10.3. The molecule has 1 unspecified atom stereocenters. The zero-order chi connectivity index (χ0) is 12.1. The van der Waals surface area contributed by atoms with E-state index in [0.29, 0.717) is 6.61 Å². The van der Waals surface area contributed by atoms with Crippen LogP contribution < -0.4 is 0 Å². The number of rotatable bonds is 5. The molecule has 2 rings (SSSR count). The van der Waals surface area contributed by atoms with Crippen molar-refractivity contribution in [3.05, 3.63) is 48.6 Å². The van der Waals surface area contributed by atoms with E-state index in [1.807, 2.05) is 19.1 Å². The van der Waals surface area contributed by atoms with E-state index in [1.54, 1.807) is 0 Å². The van der Waals surface area contributed by atoms with Crippen LogP contribution in [0.25, 0.3) is 0 Å². The Kier molecular flexibility index (Phi) is 3.66. The predicted molar refractivity (Wildman–Crippen MR) is 70.4 cm³/mol. The van der Waals surface area contributed by atoms with E-state index >= 15 is 0 Å². The van der Waals surface area contributed by atoms with Crippen LogP contribution in [0.3, 0.4) is 0 Å². The molecule has 0 aromatic heterocycles. The van der Waals surface area contributed by atoms with Gasteiger partial charge in [-0.1, -0.05) is 42.3 Å². The van der Waals surface area contributed by atoms with Gasteiger partial charge >= 0.3 is 0 Å². The molecule has 0 radical (unpaired) electrons. The lowest BCUT2D eigenvalue weighted by Crippen LogP contribution is -2.15. The minimum Gasteiger partial charge on any atom is -0.360 e. The summed E-state index contributed by atoms with van der Waals surface area (Å²) in [7, 11) is 0. The van der Waals surface area contributed by atoms with Crippen LogP contribution in [0.15, 0.2) is 43.0 Å². The summed E-state index contributed by atoms with van der Waals surface area (Å²) >= 11 is 0. The van der Waals surface area contributed by atoms with Gasteiger partial charge in [-0.3, -0.25) is 0 Å². The summed E-state index contributed by atoms with van der Waals surface area (Å²) in [6.07, 6.45) is 4.47. The van der Waals surface area contributed by atoms with E-state index in [9.17, 15) is 0 Å². The lowest BCUT2D eigenvalue weighted by atomic mass is 9.93. The minimum atomic E-state index is 0.0991. The fraction of sp³-hybridized carbons (Fsp3) is 0.375. The van der Waals surface area contributed by atoms with Crippen LogP contribution in [0.2, 0.25) is 0 Å². The predicted octanol–water partition coefficient (Wildman–Crippen LogP) is 3.73. The van der Waals surface area contributed by atoms with Crippen molar-refractivity contribution in [2.75, 3.05) is 6.61 Å².